The van der Waals surface area contributed by atoms with E-state index in [9.17, 15) is 4.79 Å². The molecule has 1 N–H and O–H groups in total. The summed E-state index contributed by atoms with van der Waals surface area (Å²) in [6, 6.07) is 15.2. The van der Waals surface area contributed by atoms with Gasteiger partial charge in [0.2, 0.25) is 0 Å². The monoisotopic (exact) mass is 427 g/mol. The first-order valence-electron chi connectivity index (χ1n) is 7.57. The van der Waals surface area contributed by atoms with Crippen molar-refractivity contribution in [2.75, 3.05) is 12.3 Å². The van der Waals surface area contributed by atoms with Crippen molar-refractivity contribution in [2.24, 2.45) is 0 Å². The molecule has 0 aliphatic rings. The minimum absolute atomic E-state index is 0.115. The van der Waals surface area contributed by atoms with Crippen molar-refractivity contribution in [2.45, 2.75) is 18.8 Å². The minimum atomic E-state index is -0.528. The van der Waals surface area contributed by atoms with Gasteiger partial charge in [-0.15, -0.1) is 0 Å². The Balaban J connectivity index is 1.65. The second-order valence-corrected chi connectivity index (χ2v) is 7.58. The van der Waals surface area contributed by atoms with Crippen molar-refractivity contribution in [3.8, 4) is 5.75 Å². The zero-order valence-corrected chi connectivity index (χ0v) is 16.5. The molecule has 0 spiro atoms. The van der Waals surface area contributed by atoms with Gasteiger partial charge in [0.05, 0.1) is 0 Å². The maximum absolute atomic E-state index is 12.0. The number of carbonyl (C=O) groups excluding carboxylic acids is 1. The molecule has 0 fully saturated rings. The SMILES string of the molecule is C[C@@H](Oc1ccc(Br)cc1)C(=O)NCCSCc1ccccc1Cl. The first-order valence-corrected chi connectivity index (χ1v) is 9.90. The molecule has 0 aromatic heterocycles. The normalized spacial score (nSPS) is 11.8. The van der Waals surface area contributed by atoms with Crippen molar-refractivity contribution in [3.05, 3.63) is 63.6 Å². The quantitative estimate of drug-likeness (QED) is 0.607. The number of carbonyl (C=O) groups is 1. The van der Waals surface area contributed by atoms with Gasteiger partial charge in [-0.2, -0.15) is 11.8 Å². The lowest BCUT2D eigenvalue weighted by Gasteiger charge is -2.14. The summed E-state index contributed by atoms with van der Waals surface area (Å²) < 4.78 is 6.59. The van der Waals surface area contributed by atoms with E-state index in [0.717, 1.165) is 26.6 Å². The van der Waals surface area contributed by atoms with Gasteiger partial charge in [-0.05, 0) is 42.8 Å². The third kappa shape index (κ3) is 6.38. The van der Waals surface area contributed by atoms with E-state index in [1.807, 2.05) is 48.5 Å². The number of nitrogens with one attached hydrogen (secondary N) is 1. The topological polar surface area (TPSA) is 38.3 Å². The first kappa shape index (κ1) is 19.2. The number of thioether (sulfide) groups is 1. The van der Waals surface area contributed by atoms with E-state index >= 15 is 0 Å². The summed E-state index contributed by atoms with van der Waals surface area (Å²) in [5.41, 5.74) is 1.11. The van der Waals surface area contributed by atoms with Crippen LogP contribution < -0.4 is 10.1 Å². The van der Waals surface area contributed by atoms with Crippen LogP contribution in [0.2, 0.25) is 5.02 Å². The van der Waals surface area contributed by atoms with Crippen LogP contribution in [-0.2, 0) is 10.5 Å². The molecular formula is C18H19BrClNO2S. The number of hydrogen-bond donors (Lipinski definition) is 1. The lowest BCUT2D eigenvalue weighted by molar-refractivity contribution is -0.127. The van der Waals surface area contributed by atoms with Crippen molar-refractivity contribution in [1.29, 1.82) is 0 Å². The van der Waals surface area contributed by atoms with Crippen LogP contribution in [0.15, 0.2) is 53.0 Å². The number of ether oxygens (including phenoxy) is 1. The number of amides is 1. The highest BCUT2D eigenvalue weighted by molar-refractivity contribution is 9.10. The molecule has 1 amide bonds. The highest BCUT2D eigenvalue weighted by atomic mass is 79.9. The molecule has 0 bridgehead atoms. The van der Waals surface area contributed by atoms with E-state index in [4.69, 9.17) is 16.3 Å². The molecule has 0 aliphatic heterocycles. The summed E-state index contributed by atoms with van der Waals surface area (Å²) in [5, 5.41) is 3.67. The van der Waals surface area contributed by atoms with Crippen molar-refractivity contribution in [1.82, 2.24) is 5.32 Å². The van der Waals surface area contributed by atoms with Crippen molar-refractivity contribution < 1.29 is 9.53 Å². The molecular weight excluding hydrogens is 410 g/mol. The zero-order valence-electron chi connectivity index (χ0n) is 13.3. The lowest BCUT2D eigenvalue weighted by atomic mass is 10.2. The maximum Gasteiger partial charge on any atom is 0.260 e. The molecule has 24 heavy (non-hydrogen) atoms. The summed E-state index contributed by atoms with van der Waals surface area (Å²) in [6.07, 6.45) is -0.528. The predicted octanol–water partition coefficient (Wildman–Crippen LogP) is 4.92. The average Bonchev–Trinajstić information content (AvgIpc) is 2.58. The molecule has 6 heteroatoms. The Kier molecular flexibility index (Phi) is 7.95. The molecule has 2 aromatic carbocycles. The van der Waals surface area contributed by atoms with Gasteiger partial charge in [-0.25, -0.2) is 0 Å². The van der Waals surface area contributed by atoms with Gasteiger partial charge in [-0.1, -0.05) is 45.7 Å². The molecule has 0 saturated heterocycles. The van der Waals surface area contributed by atoms with E-state index in [2.05, 4.69) is 21.2 Å². The molecule has 0 saturated carbocycles. The Morgan fingerprint density at radius 2 is 1.96 bits per heavy atom. The van der Waals surface area contributed by atoms with Gasteiger partial charge < -0.3 is 10.1 Å². The second kappa shape index (κ2) is 9.97. The van der Waals surface area contributed by atoms with Crippen LogP contribution in [0.4, 0.5) is 0 Å². The molecule has 0 radical (unpaired) electrons. The number of rotatable bonds is 8. The highest BCUT2D eigenvalue weighted by Gasteiger charge is 2.13. The van der Waals surface area contributed by atoms with Gasteiger partial charge in [-0.3, -0.25) is 4.79 Å². The van der Waals surface area contributed by atoms with E-state index in [1.54, 1.807) is 18.7 Å². The summed E-state index contributed by atoms with van der Waals surface area (Å²) in [7, 11) is 0. The molecule has 2 aromatic rings. The minimum Gasteiger partial charge on any atom is -0.481 e. The maximum atomic E-state index is 12.0. The summed E-state index contributed by atoms with van der Waals surface area (Å²) in [6.45, 7) is 2.34. The van der Waals surface area contributed by atoms with E-state index in [1.165, 1.54) is 0 Å². The number of halogens is 2. The van der Waals surface area contributed by atoms with Crippen molar-refractivity contribution in [3.63, 3.8) is 0 Å². The fourth-order valence-corrected chi connectivity index (χ4v) is 3.37. The van der Waals surface area contributed by atoms with Gasteiger partial charge >= 0.3 is 0 Å². The third-order valence-electron chi connectivity index (χ3n) is 3.26. The van der Waals surface area contributed by atoms with Crippen molar-refractivity contribution >= 4 is 45.2 Å². The van der Waals surface area contributed by atoms with Crippen LogP contribution in [0.3, 0.4) is 0 Å². The fourth-order valence-electron chi connectivity index (χ4n) is 1.96. The predicted molar refractivity (Wildman–Crippen MR) is 105 cm³/mol. The Bertz CT molecular complexity index is 666. The zero-order chi connectivity index (χ0) is 17.4. The molecule has 0 heterocycles. The van der Waals surface area contributed by atoms with Gasteiger partial charge in [0.25, 0.3) is 5.91 Å². The highest BCUT2D eigenvalue weighted by Crippen LogP contribution is 2.20. The first-order chi connectivity index (χ1) is 11.6. The average molecular weight is 429 g/mol. The fraction of sp³-hybridized carbons (Fsp3) is 0.278. The van der Waals surface area contributed by atoms with Crippen LogP contribution in [0, 0.1) is 0 Å². The van der Waals surface area contributed by atoms with E-state index < -0.39 is 6.10 Å². The van der Waals surface area contributed by atoms with Crippen LogP contribution in [-0.4, -0.2) is 24.3 Å². The molecule has 128 valence electrons. The standard InChI is InChI=1S/C18H19BrClNO2S/c1-13(23-16-8-6-15(19)7-9-16)18(22)21-10-11-24-12-14-4-2-3-5-17(14)20/h2-9,13H,10-12H2,1H3,(H,21,22)/t13-/m1/s1. The number of benzene rings is 2. The number of hydrogen-bond acceptors (Lipinski definition) is 3. The van der Waals surface area contributed by atoms with Crippen LogP contribution >= 0.6 is 39.3 Å². The van der Waals surface area contributed by atoms with E-state index in [0.29, 0.717) is 12.3 Å². The van der Waals surface area contributed by atoms with Crippen LogP contribution in [0.1, 0.15) is 12.5 Å². The largest absolute Gasteiger partial charge is 0.481 e. The molecule has 1 atom stereocenters. The molecule has 2 rings (SSSR count). The second-order valence-electron chi connectivity index (χ2n) is 5.15. The molecule has 0 unspecified atom stereocenters. The van der Waals surface area contributed by atoms with Crippen LogP contribution in [0.25, 0.3) is 0 Å². The Morgan fingerprint density at radius 3 is 2.67 bits per heavy atom. The Morgan fingerprint density at radius 1 is 1.25 bits per heavy atom. The van der Waals surface area contributed by atoms with Gasteiger partial charge in [0.1, 0.15) is 5.75 Å². The smallest absolute Gasteiger partial charge is 0.260 e. The third-order valence-corrected chi connectivity index (χ3v) is 5.16. The Labute approximate surface area is 160 Å². The van der Waals surface area contributed by atoms with Gasteiger partial charge in [0.15, 0.2) is 6.10 Å². The Hall–Kier alpha value is -1.17. The summed E-state index contributed by atoms with van der Waals surface area (Å²) in [5.74, 6) is 2.22. The van der Waals surface area contributed by atoms with Gasteiger partial charge in [0, 0.05) is 27.5 Å². The lowest BCUT2D eigenvalue weighted by Crippen LogP contribution is -2.37. The molecule has 0 aliphatic carbocycles. The molecule has 3 nitrogen and oxygen atoms in total. The van der Waals surface area contributed by atoms with Crippen LogP contribution in [0.5, 0.6) is 5.75 Å². The van der Waals surface area contributed by atoms with E-state index in [-0.39, 0.29) is 5.91 Å². The summed E-state index contributed by atoms with van der Waals surface area (Å²) in [4.78, 5) is 12.0. The summed E-state index contributed by atoms with van der Waals surface area (Å²) >= 11 is 11.2.